The highest BCUT2D eigenvalue weighted by Crippen LogP contribution is 2.27. The van der Waals surface area contributed by atoms with Crippen LogP contribution < -0.4 is 0 Å². The standard InChI is InChI=1S/C20H23NO/c1-13-5-7-17(11-15(13)3)9-10-21-12-18-8-6-14(2)16(4)19(18)20(21)22/h5-8,11H,9-10,12H2,1-4H3. The Bertz CT molecular complexity index is 746. The van der Waals surface area contributed by atoms with E-state index in [9.17, 15) is 4.79 Å². The van der Waals surface area contributed by atoms with Gasteiger partial charge in [0.1, 0.15) is 0 Å². The van der Waals surface area contributed by atoms with Gasteiger partial charge >= 0.3 is 0 Å². The van der Waals surface area contributed by atoms with E-state index >= 15 is 0 Å². The van der Waals surface area contributed by atoms with Crippen molar-refractivity contribution in [2.75, 3.05) is 6.54 Å². The van der Waals surface area contributed by atoms with Crippen LogP contribution in [-0.2, 0) is 13.0 Å². The molecular weight excluding hydrogens is 270 g/mol. The van der Waals surface area contributed by atoms with Gasteiger partial charge < -0.3 is 4.90 Å². The van der Waals surface area contributed by atoms with Gasteiger partial charge in [-0.1, -0.05) is 30.3 Å². The van der Waals surface area contributed by atoms with Crippen molar-refractivity contribution in [1.29, 1.82) is 0 Å². The maximum atomic E-state index is 12.6. The van der Waals surface area contributed by atoms with Crippen LogP contribution in [0.3, 0.4) is 0 Å². The predicted molar refractivity (Wildman–Crippen MR) is 90.3 cm³/mol. The number of amides is 1. The van der Waals surface area contributed by atoms with Crippen molar-refractivity contribution in [2.24, 2.45) is 0 Å². The van der Waals surface area contributed by atoms with Crippen molar-refractivity contribution < 1.29 is 4.79 Å². The molecule has 0 atom stereocenters. The molecule has 1 amide bonds. The Labute approximate surface area is 132 Å². The Morgan fingerprint density at radius 1 is 0.955 bits per heavy atom. The third-order valence-corrected chi connectivity index (χ3v) is 4.93. The molecule has 1 aliphatic heterocycles. The van der Waals surface area contributed by atoms with Gasteiger partial charge in [-0.15, -0.1) is 0 Å². The minimum absolute atomic E-state index is 0.194. The van der Waals surface area contributed by atoms with Gasteiger partial charge in [0, 0.05) is 18.7 Å². The molecule has 0 unspecified atom stereocenters. The average Bonchev–Trinajstić information content (AvgIpc) is 2.81. The molecule has 1 aliphatic rings. The number of carbonyl (C=O) groups excluding carboxylic acids is 1. The summed E-state index contributed by atoms with van der Waals surface area (Å²) in [5, 5.41) is 0. The minimum Gasteiger partial charge on any atom is -0.334 e. The molecule has 0 radical (unpaired) electrons. The van der Waals surface area contributed by atoms with Gasteiger partial charge in [-0.05, 0) is 67.5 Å². The SMILES string of the molecule is Cc1ccc(CCN2Cc3ccc(C)c(C)c3C2=O)cc1C. The van der Waals surface area contributed by atoms with Gasteiger partial charge in [0.15, 0.2) is 0 Å². The first kappa shape index (κ1) is 14.8. The van der Waals surface area contributed by atoms with E-state index in [4.69, 9.17) is 0 Å². The number of benzene rings is 2. The molecule has 2 nitrogen and oxygen atoms in total. The number of hydrogen-bond acceptors (Lipinski definition) is 1. The summed E-state index contributed by atoms with van der Waals surface area (Å²) in [7, 11) is 0. The van der Waals surface area contributed by atoms with E-state index in [0.29, 0.717) is 0 Å². The third-order valence-electron chi connectivity index (χ3n) is 4.93. The van der Waals surface area contributed by atoms with Gasteiger partial charge in [0.25, 0.3) is 5.91 Å². The number of nitrogens with zero attached hydrogens (tertiary/aromatic N) is 1. The van der Waals surface area contributed by atoms with Gasteiger partial charge in [-0.3, -0.25) is 4.79 Å². The zero-order valence-corrected chi connectivity index (χ0v) is 13.9. The summed E-state index contributed by atoms with van der Waals surface area (Å²) in [5.41, 5.74) is 8.38. The predicted octanol–water partition coefficient (Wildman–Crippen LogP) is 4.12. The third kappa shape index (κ3) is 2.54. The number of hydrogen-bond donors (Lipinski definition) is 0. The van der Waals surface area contributed by atoms with E-state index in [1.165, 1.54) is 27.8 Å². The van der Waals surface area contributed by atoms with E-state index in [1.807, 2.05) is 4.90 Å². The van der Waals surface area contributed by atoms with Crippen molar-refractivity contribution >= 4 is 5.91 Å². The largest absolute Gasteiger partial charge is 0.334 e. The molecule has 0 saturated heterocycles. The molecule has 22 heavy (non-hydrogen) atoms. The molecule has 0 spiro atoms. The topological polar surface area (TPSA) is 20.3 Å². The fourth-order valence-corrected chi connectivity index (χ4v) is 3.14. The fourth-order valence-electron chi connectivity index (χ4n) is 3.14. The average molecular weight is 293 g/mol. The van der Waals surface area contributed by atoms with E-state index in [2.05, 4.69) is 58.0 Å². The maximum Gasteiger partial charge on any atom is 0.254 e. The van der Waals surface area contributed by atoms with Crippen LogP contribution in [0, 0.1) is 27.7 Å². The Kier molecular flexibility index (Phi) is 3.78. The van der Waals surface area contributed by atoms with E-state index < -0.39 is 0 Å². The fraction of sp³-hybridized carbons (Fsp3) is 0.350. The Balaban J connectivity index is 1.74. The second kappa shape index (κ2) is 5.60. The van der Waals surface area contributed by atoms with Crippen LogP contribution in [0.1, 0.15) is 43.7 Å². The van der Waals surface area contributed by atoms with Crippen molar-refractivity contribution in [2.45, 2.75) is 40.7 Å². The van der Waals surface area contributed by atoms with Crippen molar-refractivity contribution in [1.82, 2.24) is 4.90 Å². The van der Waals surface area contributed by atoms with Crippen LogP contribution in [0.5, 0.6) is 0 Å². The quantitative estimate of drug-likeness (QED) is 0.833. The molecule has 2 heteroatoms. The Hall–Kier alpha value is -2.09. The summed E-state index contributed by atoms with van der Waals surface area (Å²) in [4.78, 5) is 14.6. The van der Waals surface area contributed by atoms with Crippen molar-refractivity contribution in [3.8, 4) is 0 Å². The van der Waals surface area contributed by atoms with Crippen molar-refractivity contribution in [3.63, 3.8) is 0 Å². The Morgan fingerprint density at radius 3 is 2.41 bits per heavy atom. The molecular formula is C20H23NO. The normalized spacial score (nSPS) is 13.6. The smallest absolute Gasteiger partial charge is 0.254 e. The van der Waals surface area contributed by atoms with Gasteiger partial charge in [0.05, 0.1) is 0 Å². The summed E-state index contributed by atoms with van der Waals surface area (Å²) in [6.45, 7) is 9.93. The maximum absolute atomic E-state index is 12.6. The second-order valence-electron chi connectivity index (χ2n) is 6.44. The van der Waals surface area contributed by atoms with E-state index in [1.54, 1.807) is 0 Å². The summed E-state index contributed by atoms with van der Waals surface area (Å²) in [6.07, 6.45) is 0.916. The molecule has 2 aromatic rings. The molecule has 0 aromatic heterocycles. The van der Waals surface area contributed by atoms with E-state index in [0.717, 1.165) is 30.6 Å². The monoisotopic (exact) mass is 293 g/mol. The molecule has 3 rings (SSSR count). The number of fused-ring (bicyclic) bond motifs is 1. The van der Waals surface area contributed by atoms with Crippen molar-refractivity contribution in [3.05, 3.63) is 69.3 Å². The van der Waals surface area contributed by atoms with E-state index in [-0.39, 0.29) is 5.91 Å². The highest BCUT2D eigenvalue weighted by atomic mass is 16.2. The molecule has 0 saturated carbocycles. The van der Waals surface area contributed by atoms with Gasteiger partial charge in [-0.2, -0.15) is 0 Å². The zero-order chi connectivity index (χ0) is 15.9. The molecule has 1 heterocycles. The van der Waals surface area contributed by atoms with Crippen LogP contribution in [0.15, 0.2) is 30.3 Å². The van der Waals surface area contributed by atoms with Gasteiger partial charge in [0.2, 0.25) is 0 Å². The van der Waals surface area contributed by atoms with Crippen LogP contribution in [0.4, 0.5) is 0 Å². The lowest BCUT2D eigenvalue weighted by atomic mass is 10.00. The molecule has 2 aromatic carbocycles. The molecule has 0 aliphatic carbocycles. The lowest BCUT2D eigenvalue weighted by Crippen LogP contribution is -2.26. The highest BCUT2D eigenvalue weighted by Gasteiger charge is 2.28. The molecule has 0 N–H and O–H groups in total. The zero-order valence-electron chi connectivity index (χ0n) is 13.9. The molecule has 0 bridgehead atoms. The van der Waals surface area contributed by atoms with Gasteiger partial charge in [-0.25, -0.2) is 0 Å². The first-order valence-corrected chi connectivity index (χ1v) is 7.92. The molecule has 114 valence electrons. The summed E-state index contributed by atoms with van der Waals surface area (Å²) < 4.78 is 0. The first-order valence-electron chi connectivity index (χ1n) is 7.92. The van der Waals surface area contributed by atoms with Crippen LogP contribution >= 0.6 is 0 Å². The number of aryl methyl sites for hydroxylation is 3. The summed E-state index contributed by atoms with van der Waals surface area (Å²) in [5.74, 6) is 0.194. The lowest BCUT2D eigenvalue weighted by Gasteiger charge is -2.16. The number of rotatable bonds is 3. The van der Waals surface area contributed by atoms with Crippen LogP contribution in [-0.4, -0.2) is 17.4 Å². The Morgan fingerprint density at radius 2 is 1.68 bits per heavy atom. The lowest BCUT2D eigenvalue weighted by molar-refractivity contribution is 0.0779. The molecule has 0 fully saturated rings. The highest BCUT2D eigenvalue weighted by molar-refractivity contribution is 6.00. The summed E-state index contributed by atoms with van der Waals surface area (Å²) >= 11 is 0. The minimum atomic E-state index is 0.194. The van der Waals surface area contributed by atoms with Crippen LogP contribution in [0.25, 0.3) is 0 Å². The first-order chi connectivity index (χ1) is 10.5. The second-order valence-corrected chi connectivity index (χ2v) is 6.44. The summed E-state index contributed by atoms with van der Waals surface area (Å²) in [6, 6.07) is 10.8. The number of carbonyl (C=O) groups is 1. The van der Waals surface area contributed by atoms with Crippen LogP contribution in [0.2, 0.25) is 0 Å².